The maximum absolute atomic E-state index is 15.1. The van der Waals surface area contributed by atoms with Gasteiger partial charge in [0.2, 0.25) is 0 Å². The van der Waals surface area contributed by atoms with Gasteiger partial charge in [-0.1, -0.05) is 50.0 Å². The summed E-state index contributed by atoms with van der Waals surface area (Å²) in [4.78, 5) is 13.5. The summed E-state index contributed by atoms with van der Waals surface area (Å²) >= 11 is 12.3. The van der Waals surface area contributed by atoms with Gasteiger partial charge in [-0.2, -0.15) is 0 Å². The highest BCUT2D eigenvalue weighted by atomic mass is 35.5. The molecule has 1 fully saturated rings. The van der Waals surface area contributed by atoms with Crippen LogP contribution >= 0.6 is 23.2 Å². The zero-order valence-corrected chi connectivity index (χ0v) is 24.9. The first-order chi connectivity index (χ1) is 18.6. The number of halogens is 4. The second kappa shape index (κ2) is 12.6. The van der Waals surface area contributed by atoms with Gasteiger partial charge in [0.05, 0.1) is 34.2 Å². The minimum Gasteiger partial charge on any atom is -0.394 e. The molecule has 2 aromatic carbocycles. The number of hydrogen-bond donors (Lipinski definition) is 6. The van der Waals surface area contributed by atoms with Crippen LogP contribution in [0.4, 0.5) is 14.5 Å². The molecule has 0 bridgehead atoms. The summed E-state index contributed by atoms with van der Waals surface area (Å²) < 4.78 is 29.4. The van der Waals surface area contributed by atoms with Crippen LogP contribution in [0.5, 0.6) is 0 Å². The van der Waals surface area contributed by atoms with Crippen molar-refractivity contribution in [1.29, 1.82) is 0 Å². The Morgan fingerprint density at radius 1 is 1.12 bits per heavy atom. The van der Waals surface area contributed by atoms with Crippen molar-refractivity contribution in [1.82, 2.24) is 10.6 Å². The highest BCUT2D eigenvalue weighted by molar-refractivity contribution is 6.31. The number of aliphatic hydroxyl groups is 3. The molecule has 0 aliphatic carbocycles. The molecule has 6 atom stereocenters. The second-order valence-corrected chi connectivity index (χ2v) is 12.7. The smallest absolute Gasteiger partial charge is 0.142 e. The molecule has 6 N–H and O–H groups in total. The van der Waals surface area contributed by atoms with Gasteiger partial charge in [0, 0.05) is 31.2 Å². The van der Waals surface area contributed by atoms with Crippen LogP contribution in [0, 0.1) is 17.0 Å². The van der Waals surface area contributed by atoms with E-state index in [1.807, 2.05) is 20.8 Å². The lowest BCUT2D eigenvalue weighted by molar-refractivity contribution is -0.114. The molecule has 1 aliphatic rings. The lowest BCUT2D eigenvalue weighted by atomic mass is 9.61. The van der Waals surface area contributed by atoms with E-state index >= 15 is 4.39 Å². The van der Waals surface area contributed by atoms with Gasteiger partial charge in [0.1, 0.15) is 23.6 Å². The Morgan fingerprint density at radius 3 is 2.33 bits per heavy atom. The molecule has 1 unspecified atom stereocenters. The molecule has 2 aromatic rings. The Bertz CT molecular complexity index is 1210. The predicted molar refractivity (Wildman–Crippen MR) is 154 cm³/mol. The van der Waals surface area contributed by atoms with Crippen molar-refractivity contribution < 1.29 is 28.9 Å². The summed E-state index contributed by atoms with van der Waals surface area (Å²) in [5, 5.41) is 40.1. The Hall–Kier alpha value is -1.85. The molecule has 222 valence electrons. The van der Waals surface area contributed by atoms with Gasteiger partial charge >= 0.3 is 0 Å². The first-order valence-corrected chi connectivity index (χ1v) is 14.0. The van der Waals surface area contributed by atoms with E-state index in [0.29, 0.717) is 23.2 Å². The molecule has 7 nitrogen and oxygen atoms in total. The number of anilines is 1. The summed E-state index contributed by atoms with van der Waals surface area (Å²) in [7, 11) is 1.64. The van der Waals surface area contributed by atoms with Gasteiger partial charge < -0.3 is 30.7 Å². The molecule has 0 aromatic heterocycles. The van der Waals surface area contributed by atoms with Crippen molar-refractivity contribution >= 4 is 35.2 Å². The highest BCUT2D eigenvalue weighted by Gasteiger charge is 2.61. The molecule has 0 radical (unpaired) electrons. The summed E-state index contributed by atoms with van der Waals surface area (Å²) in [5.74, 6) is -2.23. The van der Waals surface area contributed by atoms with Crippen molar-refractivity contribution in [2.75, 3.05) is 25.5 Å². The van der Waals surface area contributed by atoms with Crippen LogP contribution in [-0.2, 0) is 10.2 Å². The number of benzene rings is 2. The summed E-state index contributed by atoms with van der Waals surface area (Å²) in [6.45, 7) is 7.27. The topological polar surface area (TPSA) is 114 Å². The van der Waals surface area contributed by atoms with Crippen molar-refractivity contribution in [3.8, 4) is 0 Å². The standard InChI is InChI=1S/C29H39Cl2F2N3O4/c1-27(2,3)13-24-29(15-38,18-11-22(33)20(31)12-23(18)34-5)25(16-6-7-21(32)19(30)10-16)26(36-24)28(4,40)35-9-8-17(39)14-37/h6-7,10-12,15,17,24-26,34-37,39-40H,8-9,13-14H2,1-5H3/t17-,24+,25-,26?,28+,29+/m0/s1. The monoisotopic (exact) mass is 601 g/mol. The Kier molecular flexibility index (Phi) is 10.3. The summed E-state index contributed by atoms with van der Waals surface area (Å²) in [5.41, 5.74) is -2.25. The van der Waals surface area contributed by atoms with Crippen LogP contribution in [0.2, 0.25) is 10.0 Å². The van der Waals surface area contributed by atoms with Crippen LogP contribution in [0.1, 0.15) is 57.6 Å². The van der Waals surface area contributed by atoms with E-state index in [1.54, 1.807) is 7.05 Å². The number of aldehydes is 1. The number of hydrogen-bond acceptors (Lipinski definition) is 7. The lowest BCUT2D eigenvalue weighted by Gasteiger charge is -2.41. The van der Waals surface area contributed by atoms with Gasteiger partial charge in [-0.3, -0.25) is 5.32 Å². The highest BCUT2D eigenvalue weighted by Crippen LogP contribution is 2.54. The number of rotatable bonds is 11. The van der Waals surface area contributed by atoms with Crippen LogP contribution in [0.25, 0.3) is 0 Å². The summed E-state index contributed by atoms with van der Waals surface area (Å²) in [6.07, 6.45) is 0.390. The number of carbonyl (C=O) groups excluding carboxylic acids is 1. The second-order valence-electron chi connectivity index (χ2n) is 11.9. The van der Waals surface area contributed by atoms with Gasteiger partial charge in [-0.25, -0.2) is 8.78 Å². The SMILES string of the molecule is CNc1cc(Cl)c(F)cc1[C@]1(C=O)[C@@H](CC(C)(C)C)NC([C@@](C)(O)NCC[C@H](O)CO)[C@@H]1c1ccc(F)c(Cl)c1. The van der Waals surface area contributed by atoms with Gasteiger partial charge in [0.15, 0.2) is 0 Å². The Labute approximate surface area is 244 Å². The normalized spacial score (nSPS) is 25.4. The molecule has 0 spiro atoms. The average Bonchev–Trinajstić information content (AvgIpc) is 3.20. The lowest BCUT2D eigenvalue weighted by Crippen LogP contribution is -2.59. The van der Waals surface area contributed by atoms with E-state index < -0.39 is 53.5 Å². The fourth-order valence-electron chi connectivity index (χ4n) is 5.82. The fourth-order valence-corrected chi connectivity index (χ4v) is 6.18. The van der Waals surface area contributed by atoms with E-state index in [2.05, 4.69) is 16.0 Å². The zero-order valence-electron chi connectivity index (χ0n) is 23.4. The third-order valence-electron chi connectivity index (χ3n) is 7.69. The maximum Gasteiger partial charge on any atom is 0.142 e. The number of nitrogens with one attached hydrogen (secondary N) is 3. The summed E-state index contributed by atoms with van der Waals surface area (Å²) in [6, 6.07) is 5.29. The molecule has 3 rings (SSSR count). The first-order valence-electron chi connectivity index (χ1n) is 13.2. The average molecular weight is 603 g/mol. The molecule has 1 heterocycles. The van der Waals surface area contributed by atoms with Crippen molar-refractivity contribution in [3.05, 3.63) is 63.1 Å². The third kappa shape index (κ3) is 6.62. The molecule has 1 saturated heterocycles. The Balaban J connectivity index is 2.32. The molecule has 1 aliphatic heterocycles. The van der Waals surface area contributed by atoms with Crippen LogP contribution in [0.15, 0.2) is 30.3 Å². The van der Waals surface area contributed by atoms with E-state index in [4.69, 9.17) is 23.2 Å². The molecule has 0 amide bonds. The van der Waals surface area contributed by atoms with Gasteiger partial charge in [0.25, 0.3) is 0 Å². The van der Waals surface area contributed by atoms with Gasteiger partial charge in [-0.15, -0.1) is 0 Å². The maximum atomic E-state index is 15.1. The van der Waals surface area contributed by atoms with Gasteiger partial charge in [-0.05, 0) is 60.6 Å². The molecular weight excluding hydrogens is 563 g/mol. The van der Waals surface area contributed by atoms with E-state index in [1.165, 1.54) is 37.3 Å². The molecule has 0 saturated carbocycles. The zero-order chi connectivity index (χ0) is 30.0. The minimum atomic E-state index is -1.69. The molecule has 40 heavy (non-hydrogen) atoms. The molecule has 11 heteroatoms. The quantitative estimate of drug-likeness (QED) is 0.168. The van der Waals surface area contributed by atoms with Crippen LogP contribution in [0.3, 0.4) is 0 Å². The van der Waals surface area contributed by atoms with Crippen molar-refractivity contribution in [2.24, 2.45) is 5.41 Å². The predicted octanol–water partition coefficient (Wildman–Crippen LogP) is 4.35. The number of carbonyl (C=O) groups is 1. The van der Waals surface area contributed by atoms with Crippen molar-refractivity contribution in [2.45, 2.75) is 75.8 Å². The van der Waals surface area contributed by atoms with Crippen LogP contribution in [-0.4, -0.2) is 65.7 Å². The van der Waals surface area contributed by atoms with Crippen LogP contribution < -0.4 is 16.0 Å². The van der Waals surface area contributed by atoms with E-state index in [-0.39, 0.29) is 28.4 Å². The Morgan fingerprint density at radius 2 is 1.77 bits per heavy atom. The first kappa shape index (κ1) is 32.7. The number of aliphatic hydroxyl groups excluding tert-OH is 2. The molecular formula is C29H39Cl2F2N3O4. The largest absolute Gasteiger partial charge is 0.394 e. The van der Waals surface area contributed by atoms with Crippen molar-refractivity contribution in [3.63, 3.8) is 0 Å². The van der Waals surface area contributed by atoms with E-state index in [9.17, 15) is 24.5 Å². The third-order valence-corrected chi connectivity index (χ3v) is 8.27. The fraction of sp³-hybridized carbons (Fsp3) is 0.552. The minimum absolute atomic E-state index is 0.124. The van der Waals surface area contributed by atoms with E-state index in [0.717, 1.165) is 6.29 Å².